The Morgan fingerprint density at radius 3 is 1.14 bits per heavy atom. The Bertz CT molecular complexity index is 2040. The van der Waals surface area contributed by atoms with Gasteiger partial charge in [0.2, 0.25) is 0 Å². The highest BCUT2D eigenvalue weighted by Gasteiger charge is 2.58. The molecule has 0 bridgehead atoms. The van der Waals surface area contributed by atoms with Crippen molar-refractivity contribution in [2.45, 2.75) is 395 Å². The number of rotatable bonds is 58. The minimum atomic E-state index is -5.70. The first-order chi connectivity index (χ1) is 46.3. The Balaban J connectivity index is 1.74. The highest BCUT2D eigenvalue weighted by Crippen LogP contribution is 2.49. The van der Waals surface area contributed by atoms with Crippen LogP contribution in [0, 0.1) is 0 Å². The number of aliphatic hydroxyl groups excluding tert-OH is 10. The third kappa shape index (κ3) is 36.5. The van der Waals surface area contributed by atoms with Gasteiger partial charge in [-0.2, -0.15) is 0 Å². The van der Waals surface area contributed by atoms with E-state index >= 15 is 0 Å². The summed E-state index contributed by atoms with van der Waals surface area (Å²) in [5.41, 5.74) is 0. The zero-order chi connectivity index (χ0) is 70.4. The number of phosphoric ester groups is 1. The van der Waals surface area contributed by atoms with E-state index in [1.807, 2.05) is 0 Å². The van der Waals surface area contributed by atoms with E-state index in [0.29, 0.717) is 25.7 Å². The maximum atomic E-state index is 14.3. The molecule has 18 unspecified atom stereocenters. The van der Waals surface area contributed by atoms with Crippen LogP contribution in [0.5, 0.6) is 0 Å². The topological polar surface area (TPSA) is 374 Å². The number of esters is 3. The molecule has 0 aromatic carbocycles. The fraction of sp³-hybridized carbons (Fsp3) is 0.930. The normalized spacial score (nSPS) is 28.0. The third-order valence-electron chi connectivity index (χ3n) is 18.5. The SMILES string of the molecule is CCCCCCCC/C=C\CCCCCC(=O)OC(COC(=O)CCCCCCCCCCCCCCCCCC)COP(=O)(O)OC1C(OC2OC(CO)C(O)C(O)C2O)C(O)C(O)C(O)C1OC1OC(COC(=O)CCCCCCCCCCCCCC)C(O)C(O)C1O. The molecule has 25 heteroatoms. The number of unbranched alkanes of at least 4 members (excludes halogenated alkanes) is 35. The van der Waals surface area contributed by atoms with Crippen molar-refractivity contribution in [3.63, 3.8) is 0 Å². The summed E-state index contributed by atoms with van der Waals surface area (Å²) in [6.45, 7) is 3.42. The molecular weight excluding hydrogens is 1270 g/mol. The predicted molar refractivity (Wildman–Crippen MR) is 361 cm³/mol. The maximum absolute atomic E-state index is 14.3. The van der Waals surface area contributed by atoms with Crippen LogP contribution in [-0.4, -0.2) is 204 Å². The molecule has 3 aliphatic rings. The molecule has 1 saturated carbocycles. The standard InChI is InChI=1S/C71H131O24P/c1-4-7-10-13-16-19-22-25-26-27-29-31-34-36-39-42-45-55(73)87-49-52(90-57(75)47-44-41-38-35-32-28-23-20-17-14-11-8-5-2)50-89-96(85,86)95-69-67(93-70-65(83)60(78)58(76)53(48-72)91-70)63(81)62(80)64(82)68(69)94-71-66(84)61(79)59(77)54(92-71)51-88-56(74)46-43-40-37-33-30-24-21-18-15-12-9-6-3/h28,32,52-54,58-72,76-84H,4-27,29-31,33-51H2,1-3H3,(H,85,86)/b32-28-. The number of phosphoric acid groups is 1. The number of allylic oxidation sites excluding steroid dienone is 2. The molecule has 24 nitrogen and oxygen atoms in total. The summed E-state index contributed by atoms with van der Waals surface area (Å²) in [6, 6.07) is 0. The van der Waals surface area contributed by atoms with E-state index in [-0.39, 0.29) is 19.3 Å². The Kier molecular flexibility index (Phi) is 49.0. The van der Waals surface area contributed by atoms with Crippen molar-refractivity contribution in [2.75, 3.05) is 26.4 Å². The van der Waals surface area contributed by atoms with E-state index in [1.165, 1.54) is 141 Å². The van der Waals surface area contributed by atoms with E-state index < -0.39 is 156 Å². The van der Waals surface area contributed by atoms with E-state index in [4.69, 9.17) is 42.2 Å². The van der Waals surface area contributed by atoms with Gasteiger partial charge in [-0.3, -0.25) is 23.4 Å². The quantitative estimate of drug-likeness (QED) is 0.00886. The Hall–Kier alpha value is -2.30. The molecule has 0 aromatic heterocycles. The first-order valence-corrected chi connectivity index (χ1v) is 39.0. The highest BCUT2D eigenvalue weighted by atomic mass is 31.2. The Morgan fingerprint density at radius 1 is 0.396 bits per heavy atom. The van der Waals surface area contributed by atoms with Crippen LogP contribution in [0.4, 0.5) is 0 Å². The molecule has 0 aromatic rings. The van der Waals surface area contributed by atoms with E-state index in [2.05, 4.69) is 32.9 Å². The average Bonchev–Trinajstić information content (AvgIpc) is 0.765. The lowest BCUT2D eigenvalue weighted by Gasteiger charge is -2.49. The summed E-state index contributed by atoms with van der Waals surface area (Å²) < 4.78 is 64.9. The third-order valence-corrected chi connectivity index (χ3v) is 19.5. The Labute approximate surface area is 573 Å². The first-order valence-electron chi connectivity index (χ1n) is 37.5. The molecule has 2 aliphatic heterocycles. The lowest BCUT2D eigenvalue weighted by molar-refractivity contribution is -0.360. The van der Waals surface area contributed by atoms with Crippen molar-refractivity contribution >= 4 is 25.7 Å². The minimum Gasteiger partial charge on any atom is -0.463 e. The van der Waals surface area contributed by atoms with Crippen molar-refractivity contribution in [1.29, 1.82) is 0 Å². The molecule has 0 amide bonds. The minimum absolute atomic E-state index is 0.0313. The second-order valence-electron chi connectivity index (χ2n) is 27.0. The van der Waals surface area contributed by atoms with Crippen LogP contribution in [0.25, 0.3) is 0 Å². The number of carbonyl (C=O) groups excluding carboxylic acids is 3. The number of carbonyl (C=O) groups is 3. The average molecular weight is 1400 g/mol. The van der Waals surface area contributed by atoms with Crippen LogP contribution in [-0.2, 0) is 61.2 Å². The number of hydrogen-bond acceptors (Lipinski definition) is 23. The zero-order valence-corrected chi connectivity index (χ0v) is 59.6. The molecular formula is C71H131O24P. The van der Waals surface area contributed by atoms with Crippen molar-refractivity contribution in [1.82, 2.24) is 0 Å². The van der Waals surface area contributed by atoms with Crippen LogP contribution in [0.15, 0.2) is 12.2 Å². The van der Waals surface area contributed by atoms with Crippen molar-refractivity contribution in [3.05, 3.63) is 12.2 Å². The summed E-state index contributed by atoms with van der Waals surface area (Å²) >= 11 is 0. The molecule has 0 radical (unpaired) electrons. The summed E-state index contributed by atoms with van der Waals surface area (Å²) in [5, 5.41) is 110. The van der Waals surface area contributed by atoms with Gasteiger partial charge in [-0.25, -0.2) is 4.57 Å². The monoisotopic (exact) mass is 1400 g/mol. The van der Waals surface area contributed by atoms with Crippen LogP contribution in [0.3, 0.4) is 0 Å². The summed E-state index contributed by atoms with van der Waals surface area (Å²) in [4.78, 5) is 50.9. The van der Waals surface area contributed by atoms with Gasteiger partial charge in [0.05, 0.1) is 13.2 Å². The molecule has 564 valence electrons. The van der Waals surface area contributed by atoms with E-state index in [1.54, 1.807) is 0 Å². The maximum Gasteiger partial charge on any atom is 0.472 e. The van der Waals surface area contributed by atoms with Gasteiger partial charge in [-0.05, 0) is 44.9 Å². The second-order valence-corrected chi connectivity index (χ2v) is 28.4. The summed E-state index contributed by atoms with van der Waals surface area (Å²) in [7, 11) is -5.70. The van der Waals surface area contributed by atoms with E-state index in [9.17, 15) is 74.9 Å². The fourth-order valence-electron chi connectivity index (χ4n) is 12.4. The smallest absolute Gasteiger partial charge is 0.463 e. The van der Waals surface area contributed by atoms with Gasteiger partial charge in [0.25, 0.3) is 0 Å². The first kappa shape index (κ1) is 87.9. The molecule has 2 heterocycles. The van der Waals surface area contributed by atoms with Crippen molar-refractivity contribution in [2.24, 2.45) is 0 Å². The largest absolute Gasteiger partial charge is 0.472 e. The van der Waals surface area contributed by atoms with Crippen molar-refractivity contribution < 1.29 is 117 Å². The van der Waals surface area contributed by atoms with Crippen LogP contribution in [0.2, 0.25) is 0 Å². The van der Waals surface area contributed by atoms with Gasteiger partial charge >= 0.3 is 25.7 Å². The zero-order valence-electron chi connectivity index (χ0n) is 58.7. The fourth-order valence-corrected chi connectivity index (χ4v) is 13.4. The van der Waals surface area contributed by atoms with Gasteiger partial charge in [-0.15, -0.1) is 0 Å². The lowest BCUT2D eigenvalue weighted by atomic mass is 9.84. The number of aliphatic hydroxyl groups is 10. The molecule has 3 fully saturated rings. The summed E-state index contributed by atoms with van der Waals surface area (Å²) in [6.07, 6.45) is 11.5. The molecule has 0 spiro atoms. The van der Waals surface area contributed by atoms with Crippen LogP contribution in [0.1, 0.15) is 290 Å². The van der Waals surface area contributed by atoms with Gasteiger partial charge in [0.1, 0.15) is 98.7 Å². The van der Waals surface area contributed by atoms with Gasteiger partial charge in [0, 0.05) is 19.3 Å². The van der Waals surface area contributed by atoms with Gasteiger partial charge in [-0.1, -0.05) is 238 Å². The summed E-state index contributed by atoms with van der Waals surface area (Å²) in [5.74, 6) is -2.00. The van der Waals surface area contributed by atoms with Gasteiger partial charge < -0.3 is 89.1 Å². The second kappa shape index (κ2) is 53.5. The Morgan fingerprint density at radius 2 is 0.729 bits per heavy atom. The number of hydrogen-bond donors (Lipinski definition) is 11. The van der Waals surface area contributed by atoms with E-state index in [0.717, 1.165) is 83.5 Å². The van der Waals surface area contributed by atoms with Gasteiger partial charge in [0.15, 0.2) is 18.7 Å². The number of ether oxygens (including phenoxy) is 7. The molecule has 2 saturated heterocycles. The van der Waals surface area contributed by atoms with Crippen LogP contribution < -0.4 is 0 Å². The molecule has 11 N–H and O–H groups in total. The predicted octanol–water partition coefficient (Wildman–Crippen LogP) is 9.96. The molecule has 18 atom stereocenters. The highest BCUT2D eigenvalue weighted by molar-refractivity contribution is 7.47. The molecule has 1 aliphatic carbocycles. The molecule has 96 heavy (non-hydrogen) atoms. The lowest BCUT2D eigenvalue weighted by Crippen LogP contribution is -2.69. The van der Waals surface area contributed by atoms with Crippen LogP contribution >= 0.6 is 7.82 Å². The molecule has 3 rings (SSSR count). The van der Waals surface area contributed by atoms with Crippen molar-refractivity contribution in [3.8, 4) is 0 Å².